The molecule has 3 rings (SSSR count). The molecule has 0 saturated heterocycles. The quantitative estimate of drug-likeness (QED) is 0.206. The highest BCUT2D eigenvalue weighted by molar-refractivity contribution is 7.68. The molecule has 0 aliphatic carbocycles. The number of benzene rings is 3. The molecule has 1 unspecified atom stereocenters. The van der Waals surface area contributed by atoms with E-state index in [0.717, 1.165) is 12.6 Å². The molecule has 1 atom stereocenters. The van der Waals surface area contributed by atoms with Crippen LogP contribution in [0.3, 0.4) is 0 Å². The minimum Gasteiger partial charge on any atom is -0.100 e. The first-order chi connectivity index (χ1) is 12.9. The fourth-order valence-corrected chi connectivity index (χ4v) is 4.64. The van der Waals surface area contributed by atoms with E-state index in [2.05, 4.69) is 91.0 Å². The molecule has 0 amide bonds. The highest BCUT2D eigenvalue weighted by atomic mass is 35.7. The monoisotopic (exact) mass is 380 g/mol. The van der Waals surface area contributed by atoms with Gasteiger partial charge in [-0.25, -0.2) is 0 Å². The lowest BCUT2D eigenvalue weighted by Gasteiger charge is -2.36. The van der Waals surface area contributed by atoms with Crippen molar-refractivity contribution in [3.8, 4) is 0 Å². The average molecular weight is 381 g/mol. The molecule has 2 heteroatoms. The van der Waals surface area contributed by atoms with Crippen molar-refractivity contribution in [3.63, 3.8) is 0 Å². The molecule has 0 heterocycles. The lowest BCUT2D eigenvalue weighted by molar-refractivity contribution is 0.515. The first-order valence-corrected chi connectivity index (χ1v) is 11.6. The van der Waals surface area contributed by atoms with Crippen molar-refractivity contribution >= 4 is 19.2 Å². The second kappa shape index (κ2) is 9.91. The van der Waals surface area contributed by atoms with E-state index >= 15 is 0 Å². The Balaban J connectivity index is 2.06. The van der Waals surface area contributed by atoms with Gasteiger partial charge in [0, 0.05) is 5.41 Å². The van der Waals surface area contributed by atoms with Gasteiger partial charge in [0.1, 0.15) is 0 Å². The van der Waals surface area contributed by atoms with E-state index in [1.807, 2.05) is 0 Å². The van der Waals surface area contributed by atoms with Crippen molar-refractivity contribution in [2.45, 2.75) is 31.1 Å². The van der Waals surface area contributed by atoms with E-state index in [9.17, 15) is 0 Å². The largest absolute Gasteiger partial charge is 0.100 e. The highest BCUT2D eigenvalue weighted by Crippen LogP contribution is 2.43. The van der Waals surface area contributed by atoms with E-state index in [1.165, 1.54) is 36.0 Å². The van der Waals surface area contributed by atoms with Crippen molar-refractivity contribution in [3.05, 3.63) is 108 Å². The maximum Gasteiger partial charge on any atom is 0.0451 e. The second-order valence-electron chi connectivity index (χ2n) is 6.70. The van der Waals surface area contributed by atoms with Gasteiger partial charge in [0.15, 0.2) is 0 Å². The molecule has 0 bridgehead atoms. The van der Waals surface area contributed by atoms with Crippen LogP contribution in [0.15, 0.2) is 91.0 Å². The second-order valence-corrected chi connectivity index (χ2v) is 8.27. The first-order valence-electron chi connectivity index (χ1n) is 9.38. The summed E-state index contributed by atoms with van der Waals surface area (Å²) in [7, 11) is 0.546. The van der Waals surface area contributed by atoms with Gasteiger partial charge in [0.2, 0.25) is 0 Å². The summed E-state index contributed by atoms with van der Waals surface area (Å²) in [6, 6.07) is 32.9. The molecule has 0 spiro atoms. The molecule has 26 heavy (non-hydrogen) atoms. The normalized spacial score (nSPS) is 11.9. The van der Waals surface area contributed by atoms with Gasteiger partial charge in [-0.1, -0.05) is 104 Å². The summed E-state index contributed by atoms with van der Waals surface area (Å²) in [5, 5.41) is 0. The SMILES string of the molecule is ClPCCCCCC(c1ccccc1)(c1ccccc1)c1ccccc1. The minimum atomic E-state index is -0.104. The average Bonchev–Trinajstić information content (AvgIpc) is 2.73. The predicted octanol–water partition coefficient (Wildman–Crippen LogP) is 7.41. The van der Waals surface area contributed by atoms with Crippen LogP contribution in [-0.2, 0) is 5.41 Å². The molecule has 3 aromatic rings. The summed E-state index contributed by atoms with van der Waals surface area (Å²) in [6.45, 7) is 0. The van der Waals surface area contributed by atoms with Crippen LogP contribution in [0.5, 0.6) is 0 Å². The fraction of sp³-hybridized carbons (Fsp3) is 0.250. The van der Waals surface area contributed by atoms with Gasteiger partial charge < -0.3 is 0 Å². The predicted molar refractivity (Wildman–Crippen MR) is 117 cm³/mol. The highest BCUT2D eigenvalue weighted by Gasteiger charge is 2.35. The third-order valence-electron chi connectivity index (χ3n) is 5.12. The van der Waals surface area contributed by atoms with Crippen LogP contribution < -0.4 is 0 Å². The molecule has 0 aromatic heterocycles. The van der Waals surface area contributed by atoms with Gasteiger partial charge in [-0.2, -0.15) is 0 Å². The van der Waals surface area contributed by atoms with E-state index in [0.29, 0.717) is 7.93 Å². The molecule has 0 aliphatic rings. The summed E-state index contributed by atoms with van der Waals surface area (Å²) in [5.41, 5.74) is 4.01. The van der Waals surface area contributed by atoms with Crippen LogP contribution in [0.4, 0.5) is 0 Å². The van der Waals surface area contributed by atoms with Crippen LogP contribution in [-0.4, -0.2) is 6.16 Å². The van der Waals surface area contributed by atoms with Gasteiger partial charge >= 0.3 is 0 Å². The van der Waals surface area contributed by atoms with Gasteiger partial charge in [0.05, 0.1) is 0 Å². The van der Waals surface area contributed by atoms with Gasteiger partial charge in [-0.3, -0.25) is 0 Å². The fourth-order valence-electron chi connectivity index (χ4n) is 3.86. The number of hydrogen-bond donors (Lipinski definition) is 0. The molecule has 0 saturated carbocycles. The zero-order valence-electron chi connectivity index (χ0n) is 15.1. The van der Waals surface area contributed by atoms with Crippen molar-refractivity contribution in [2.75, 3.05) is 6.16 Å². The Hall–Kier alpha value is -1.62. The molecule has 0 nitrogen and oxygen atoms in total. The number of unbranched alkanes of at least 4 members (excludes halogenated alkanes) is 2. The number of halogens is 1. The summed E-state index contributed by atoms with van der Waals surface area (Å²) >= 11 is 5.89. The topological polar surface area (TPSA) is 0 Å². The summed E-state index contributed by atoms with van der Waals surface area (Å²) < 4.78 is 0. The Bertz CT molecular complexity index is 659. The van der Waals surface area contributed by atoms with E-state index < -0.39 is 0 Å². The summed E-state index contributed by atoms with van der Waals surface area (Å²) in [4.78, 5) is 0. The Labute approximate surface area is 164 Å². The van der Waals surface area contributed by atoms with Crippen LogP contribution in [0.1, 0.15) is 42.4 Å². The molecule has 3 aromatic carbocycles. The van der Waals surface area contributed by atoms with Crippen LogP contribution in [0.2, 0.25) is 0 Å². The molecule has 0 fully saturated rings. The van der Waals surface area contributed by atoms with Crippen molar-refractivity contribution in [1.29, 1.82) is 0 Å². The Morgan fingerprint density at radius 1 is 0.577 bits per heavy atom. The van der Waals surface area contributed by atoms with Gasteiger partial charge in [-0.15, -0.1) is 11.2 Å². The number of rotatable bonds is 9. The van der Waals surface area contributed by atoms with Crippen molar-refractivity contribution in [1.82, 2.24) is 0 Å². The molecule has 0 aliphatic heterocycles. The third-order valence-corrected chi connectivity index (χ3v) is 6.23. The molecule has 134 valence electrons. The standard InChI is InChI=1S/C24H26ClP/c25-26-20-12-4-11-19-24(21-13-5-1-6-14-21,22-15-7-2-8-16-22)23-17-9-3-10-18-23/h1-3,5-10,13-18,26H,4,11-12,19-20H2. The number of hydrogen-bond acceptors (Lipinski definition) is 0. The summed E-state index contributed by atoms with van der Waals surface area (Å²) in [5.74, 6) is 0. The Morgan fingerprint density at radius 2 is 1.00 bits per heavy atom. The first kappa shape index (κ1) is 19.2. The molecular formula is C24H26ClP. The molecule has 0 radical (unpaired) electrons. The smallest absolute Gasteiger partial charge is 0.0451 e. The zero-order chi connectivity index (χ0) is 18.1. The van der Waals surface area contributed by atoms with Crippen LogP contribution in [0.25, 0.3) is 0 Å². The van der Waals surface area contributed by atoms with Crippen LogP contribution >= 0.6 is 19.2 Å². The van der Waals surface area contributed by atoms with Crippen molar-refractivity contribution in [2.24, 2.45) is 0 Å². The van der Waals surface area contributed by atoms with E-state index in [-0.39, 0.29) is 5.41 Å². The zero-order valence-corrected chi connectivity index (χ0v) is 16.8. The van der Waals surface area contributed by atoms with Crippen molar-refractivity contribution < 1.29 is 0 Å². The van der Waals surface area contributed by atoms with E-state index in [4.69, 9.17) is 11.2 Å². The molecule has 0 N–H and O–H groups in total. The maximum absolute atomic E-state index is 5.89. The molecular weight excluding hydrogens is 355 g/mol. The lowest BCUT2D eigenvalue weighted by Crippen LogP contribution is -2.29. The summed E-state index contributed by atoms with van der Waals surface area (Å²) in [6.07, 6.45) is 5.89. The van der Waals surface area contributed by atoms with Gasteiger partial charge in [-0.05, 0) is 43.6 Å². The minimum absolute atomic E-state index is 0.104. The lowest BCUT2D eigenvalue weighted by atomic mass is 9.66. The maximum atomic E-state index is 5.89. The van der Waals surface area contributed by atoms with E-state index in [1.54, 1.807) is 0 Å². The Kier molecular flexibility index (Phi) is 7.30. The van der Waals surface area contributed by atoms with Crippen LogP contribution in [0, 0.1) is 0 Å². The van der Waals surface area contributed by atoms with Gasteiger partial charge in [0.25, 0.3) is 0 Å². The Morgan fingerprint density at radius 3 is 1.38 bits per heavy atom. The third kappa shape index (κ3) is 4.37.